The summed E-state index contributed by atoms with van der Waals surface area (Å²) in [5.74, 6) is 0.868. The van der Waals surface area contributed by atoms with E-state index in [1.165, 1.54) is 5.56 Å². The van der Waals surface area contributed by atoms with Crippen molar-refractivity contribution in [3.8, 4) is 0 Å². The van der Waals surface area contributed by atoms with Gasteiger partial charge in [-0.25, -0.2) is 0 Å². The summed E-state index contributed by atoms with van der Waals surface area (Å²) < 4.78 is 6.80. The largest absolute Gasteiger partial charge is 0.457 e. The molecule has 0 spiro atoms. The standard InChI is InChI=1S/C16H11BrO/c17-14-7-9-16-13(10-14)11-15(18-16)8-6-12-4-2-1-3-5-12/h1-11H/b8-6+. The van der Waals surface area contributed by atoms with Crippen molar-refractivity contribution in [1.82, 2.24) is 0 Å². The van der Waals surface area contributed by atoms with Crippen LogP contribution in [0.5, 0.6) is 0 Å². The molecule has 0 amide bonds. The third-order valence-electron chi connectivity index (χ3n) is 2.74. The topological polar surface area (TPSA) is 13.1 Å². The van der Waals surface area contributed by atoms with Crippen molar-refractivity contribution in [2.45, 2.75) is 0 Å². The highest BCUT2D eigenvalue weighted by Gasteiger charge is 2.01. The summed E-state index contributed by atoms with van der Waals surface area (Å²) in [5.41, 5.74) is 2.07. The highest BCUT2D eigenvalue weighted by Crippen LogP contribution is 2.24. The highest BCUT2D eigenvalue weighted by molar-refractivity contribution is 9.10. The Hall–Kier alpha value is -1.80. The number of fused-ring (bicyclic) bond motifs is 1. The van der Waals surface area contributed by atoms with E-state index >= 15 is 0 Å². The van der Waals surface area contributed by atoms with Crippen molar-refractivity contribution in [2.75, 3.05) is 0 Å². The molecule has 2 aromatic carbocycles. The first-order chi connectivity index (χ1) is 8.81. The van der Waals surface area contributed by atoms with Gasteiger partial charge >= 0.3 is 0 Å². The van der Waals surface area contributed by atoms with Crippen molar-refractivity contribution in [2.24, 2.45) is 0 Å². The third kappa shape index (κ3) is 2.39. The minimum absolute atomic E-state index is 0.868. The zero-order valence-corrected chi connectivity index (χ0v) is 11.2. The Balaban J connectivity index is 1.93. The molecule has 3 aromatic rings. The van der Waals surface area contributed by atoms with E-state index in [9.17, 15) is 0 Å². The Morgan fingerprint density at radius 1 is 0.889 bits per heavy atom. The number of rotatable bonds is 2. The Labute approximate surface area is 114 Å². The third-order valence-corrected chi connectivity index (χ3v) is 3.23. The lowest BCUT2D eigenvalue weighted by Crippen LogP contribution is -1.67. The van der Waals surface area contributed by atoms with E-state index in [4.69, 9.17) is 4.42 Å². The molecule has 0 saturated heterocycles. The second-order valence-corrected chi connectivity index (χ2v) is 4.99. The van der Waals surface area contributed by atoms with Crippen LogP contribution in [0.15, 0.2) is 63.5 Å². The fourth-order valence-electron chi connectivity index (χ4n) is 1.86. The van der Waals surface area contributed by atoms with Crippen molar-refractivity contribution >= 4 is 39.1 Å². The van der Waals surface area contributed by atoms with Gasteiger partial charge in [-0.2, -0.15) is 0 Å². The molecule has 1 nitrogen and oxygen atoms in total. The van der Waals surface area contributed by atoms with E-state index in [-0.39, 0.29) is 0 Å². The molecule has 3 rings (SSSR count). The van der Waals surface area contributed by atoms with Crippen LogP contribution in [0, 0.1) is 0 Å². The average Bonchev–Trinajstić information content (AvgIpc) is 2.79. The van der Waals surface area contributed by atoms with E-state index in [0.717, 1.165) is 21.2 Å². The smallest absolute Gasteiger partial charge is 0.134 e. The van der Waals surface area contributed by atoms with Crippen LogP contribution in [-0.4, -0.2) is 0 Å². The number of hydrogen-bond acceptors (Lipinski definition) is 1. The van der Waals surface area contributed by atoms with Crippen LogP contribution in [0.3, 0.4) is 0 Å². The monoisotopic (exact) mass is 298 g/mol. The Kier molecular flexibility index (Phi) is 3.03. The molecule has 88 valence electrons. The zero-order valence-electron chi connectivity index (χ0n) is 9.64. The minimum atomic E-state index is 0.868. The SMILES string of the molecule is Brc1ccc2oc(/C=C/c3ccccc3)cc2c1. The minimum Gasteiger partial charge on any atom is -0.457 e. The van der Waals surface area contributed by atoms with Gasteiger partial charge in [-0.1, -0.05) is 52.3 Å². The van der Waals surface area contributed by atoms with Gasteiger partial charge in [-0.3, -0.25) is 0 Å². The Morgan fingerprint density at radius 3 is 2.56 bits per heavy atom. The molecule has 1 aromatic heterocycles. The maximum Gasteiger partial charge on any atom is 0.134 e. The van der Waals surface area contributed by atoms with E-state index in [0.29, 0.717) is 0 Å². The van der Waals surface area contributed by atoms with Crippen molar-refractivity contribution in [1.29, 1.82) is 0 Å². The molecule has 0 fully saturated rings. The molecule has 2 heteroatoms. The molecule has 0 unspecified atom stereocenters. The van der Waals surface area contributed by atoms with Gasteiger partial charge in [0.2, 0.25) is 0 Å². The van der Waals surface area contributed by atoms with Crippen LogP contribution in [-0.2, 0) is 0 Å². The first kappa shape index (κ1) is 11.3. The lowest BCUT2D eigenvalue weighted by Gasteiger charge is -1.89. The molecule has 0 bridgehead atoms. The first-order valence-electron chi connectivity index (χ1n) is 5.73. The van der Waals surface area contributed by atoms with Crippen molar-refractivity contribution < 1.29 is 4.42 Å². The van der Waals surface area contributed by atoms with Crippen LogP contribution in [0.1, 0.15) is 11.3 Å². The van der Waals surface area contributed by atoms with E-state index in [1.54, 1.807) is 0 Å². The lowest BCUT2D eigenvalue weighted by atomic mass is 10.2. The molecule has 0 N–H and O–H groups in total. The van der Waals surface area contributed by atoms with Crippen LogP contribution >= 0.6 is 15.9 Å². The summed E-state index contributed by atoms with van der Waals surface area (Å²) in [4.78, 5) is 0. The predicted octanol–water partition coefficient (Wildman–Crippen LogP) is 5.37. The zero-order chi connectivity index (χ0) is 12.4. The van der Waals surface area contributed by atoms with Gasteiger partial charge in [0.25, 0.3) is 0 Å². The fourth-order valence-corrected chi connectivity index (χ4v) is 2.24. The molecule has 0 aliphatic rings. The van der Waals surface area contributed by atoms with E-state index in [1.807, 2.05) is 48.6 Å². The molecule has 18 heavy (non-hydrogen) atoms. The molecule has 0 atom stereocenters. The molecule has 0 radical (unpaired) electrons. The summed E-state index contributed by atoms with van der Waals surface area (Å²) in [7, 11) is 0. The molecular formula is C16H11BrO. The van der Waals surface area contributed by atoms with Crippen molar-refractivity contribution in [3.63, 3.8) is 0 Å². The van der Waals surface area contributed by atoms with Gasteiger partial charge in [-0.15, -0.1) is 0 Å². The lowest BCUT2D eigenvalue weighted by molar-refractivity contribution is 0.604. The van der Waals surface area contributed by atoms with Crippen LogP contribution < -0.4 is 0 Å². The Morgan fingerprint density at radius 2 is 1.72 bits per heavy atom. The van der Waals surface area contributed by atoms with Gasteiger partial charge in [0.05, 0.1) is 0 Å². The van der Waals surface area contributed by atoms with Gasteiger partial charge in [0.1, 0.15) is 11.3 Å². The quantitative estimate of drug-likeness (QED) is 0.620. The predicted molar refractivity (Wildman–Crippen MR) is 79.3 cm³/mol. The van der Waals surface area contributed by atoms with E-state index < -0.39 is 0 Å². The summed E-state index contributed by atoms with van der Waals surface area (Å²) in [6, 6.07) is 18.2. The van der Waals surface area contributed by atoms with Crippen LogP contribution in [0.4, 0.5) is 0 Å². The van der Waals surface area contributed by atoms with Gasteiger partial charge in [0, 0.05) is 9.86 Å². The van der Waals surface area contributed by atoms with E-state index in [2.05, 4.69) is 34.1 Å². The van der Waals surface area contributed by atoms with Gasteiger partial charge < -0.3 is 4.42 Å². The van der Waals surface area contributed by atoms with Crippen LogP contribution in [0.25, 0.3) is 23.1 Å². The molecule has 0 aliphatic carbocycles. The second kappa shape index (κ2) is 4.83. The van der Waals surface area contributed by atoms with Gasteiger partial charge in [0.15, 0.2) is 0 Å². The summed E-state index contributed by atoms with van der Waals surface area (Å²) in [6.45, 7) is 0. The number of benzene rings is 2. The maximum absolute atomic E-state index is 5.74. The van der Waals surface area contributed by atoms with Gasteiger partial charge in [-0.05, 0) is 35.9 Å². The molecule has 0 aliphatic heterocycles. The fraction of sp³-hybridized carbons (Fsp3) is 0. The van der Waals surface area contributed by atoms with Crippen LogP contribution in [0.2, 0.25) is 0 Å². The average molecular weight is 299 g/mol. The highest BCUT2D eigenvalue weighted by atomic mass is 79.9. The molecule has 1 heterocycles. The second-order valence-electron chi connectivity index (χ2n) is 4.07. The van der Waals surface area contributed by atoms with Crippen molar-refractivity contribution in [3.05, 3.63) is 70.4 Å². The molecule has 0 saturated carbocycles. The normalized spacial score (nSPS) is 11.4. The number of hydrogen-bond donors (Lipinski definition) is 0. The summed E-state index contributed by atoms with van der Waals surface area (Å²) in [6.07, 6.45) is 4.04. The summed E-state index contributed by atoms with van der Waals surface area (Å²) in [5, 5.41) is 1.11. The summed E-state index contributed by atoms with van der Waals surface area (Å²) >= 11 is 3.46. The number of halogens is 1. The number of furan rings is 1. The maximum atomic E-state index is 5.74. The molecular weight excluding hydrogens is 288 g/mol. The Bertz CT molecular complexity index is 695. The first-order valence-corrected chi connectivity index (χ1v) is 6.53.